The number of carboxylic acid groups (broad SMARTS) is 2. The number of pyridine rings is 1. The van der Waals surface area contributed by atoms with Crippen LogP contribution in [0.5, 0.6) is 11.5 Å². The minimum atomic E-state index is -1.58. The summed E-state index contributed by atoms with van der Waals surface area (Å²) in [5, 5.41) is 19.1. The Bertz CT molecular complexity index is 950. The van der Waals surface area contributed by atoms with Crippen LogP contribution in [0.1, 0.15) is 46.9 Å². The van der Waals surface area contributed by atoms with Gasteiger partial charge in [0.05, 0.1) is 13.7 Å². The first kappa shape index (κ1) is 20.8. The standard InChI is InChI=1S/C19H22N2O7/c1-3-4-5-9-28-15-10(7-6-8-11(15)27-2)12-13(18(23)24)16(20)21-17(22)14(12)19(25)26/h6-8H,3-5,9H2,1-2H3,(H,23,24)(H,25,26)(H3,20,21,22). The van der Waals surface area contributed by atoms with Crippen molar-refractivity contribution in [2.24, 2.45) is 0 Å². The molecule has 5 N–H and O–H groups in total. The minimum absolute atomic E-state index is 0.100. The summed E-state index contributed by atoms with van der Waals surface area (Å²) in [6, 6.07) is 4.60. The summed E-state index contributed by atoms with van der Waals surface area (Å²) in [4.78, 5) is 37.9. The number of methoxy groups -OCH3 is 1. The van der Waals surface area contributed by atoms with Crippen molar-refractivity contribution in [3.63, 3.8) is 0 Å². The number of nitrogens with two attached hydrogens (primary N) is 1. The van der Waals surface area contributed by atoms with Crippen LogP contribution in [0.25, 0.3) is 11.1 Å². The largest absolute Gasteiger partial charge is 0.493 e. The maximum Gasteiger partial charge on any atom is 0.342 e. The van der Waals surface area contributed by atoms with Crippen LogP contribution in [0.3, 0.4) is 0 Å². The van der Waals surface area contributed by atoms with E-state index in [0.717, 1.165) is 19.3 Å². The van der Waals surface area contributed by atoms with Gasteiger partial charge in [-0.2, -0.15) is 0 Å². The molecular formula is C19H22N2O7. The SMILES string of the molecule is CCCCCOc1c(OC)cccc1-c1c(C(=O)O)c(N)[nH]c(=O)c1C(=O)O. The second-order valence-electron chi connectivity index (χ2n) is 6.00. The number of para-hydroxylation sites is 1. The number of nitrogens with one attached hydrogen (secondary N) is 1. The molecule has 9 heteroatoms. The average molecular weight is 390 g/mol. The number of anilines is 1. The fourth-order valence-electron chi connectivity index (χ4n) is 2.86. The van der Waals surface area contributed by atoms with Crippen LogP contribution in [-0.4, -0.2) is 40.9 Å². The van der Waals surface area contributed by atoms with E-state index in [1.54, 1.807) is 12.1 Å². The van der Waals surface area contributed by atoms with Gasteiger partial charge in [0, 0.05) is 11.1 Å². The van der Waals surface area contributed by atoms with Gasteiger partial charge in [-0.15, -0.1) is 0 Å². The number of carboxylic acids is 2. The molecule has 0 spiro atoms. The monoisotopic (exact) mass is 390 g/mol. The number of hydrogen-bond donors (Lipinski definition) is 4. The van der Waals surface area contributed by atoms with Crippen molar-refractivity contribution in [1.29, 1.82) is 0 Å². The molecule has 0 atom stereocenters. The van der Waals surface area contributed by atoms with Crippen molar-refractivity contribution in [3.05, 3.63) is 39.7 Å². The molecule has 1 aromatic carbocycles. The number of H-pyrrole nitrogens is 1. The van der Waals surface area contributed by atoms with Crippen molar-refractivity contribution < 1.29 is 29.3 Å². The summed E-state index contributed by atoms with van der Waals surface area (Å²) < 4.78 is 11.1. The van der Waals surface area contributed by atoms with Crippen LogP contribution in [0, 0.1) is 0 Å². The van der Waals surface area contributed by atoms with Gasteiger partial charge in [0.15, 0.2) is 11.5 Å². The zero-order chi connectivity index (χ0) is 20.8. The molecule has 0 aliphatic heterocycles. The van der Waals surface area contributed by atoms with Crippen LogP contribution in [0.15, 0.2) is 23.0 Å². The predicted octanol–water partition coefficient (Wildman–Crippen LogP) is 2.60. The third kappa shape index (κ3) is 4.08. The van der Waals surface area contributed by atoms with Crippen LogP contribution in [0.2, 0.25) is 0 Å². The molecular weight excluding hydrogens is 368 g/mol. The third-order valence-corrected chi connectivity index (χ3v) is 4.13. The van der Waals surface area contributed by atoms with Gasteiger partial charge in [-0.05, 0) is 12.5 Å². The van der Waals surface area contributed by atoms with E-state index in [2.05, 4.69) is 4.98 Å². The first-order valence-electron chi connectivity index (χ1n) is 8.65. The third-order valence-electron chi connectivity index (χ3n) is 4.13. The molecule has 0 saturated heterocycles. The number of aromatic carboxylic acids is 2. The lowest BCUT2D eigenvalue weighted by Crippen LogP contribution is -2.24. The van der Waals surface area contributed by atoms with E-state index in [0.29, 0.717) is 6.61 Å². The number of ether oxygens (including phenoxy) is 2. The van der Waals surface area contributed by atoms with Crippen molar-refractivity contribution in [2.45, 2.75) is 26.2 Å². The molecule has 28 heavy (non-hydrogen) atoms. The summed E-state index contributed by atoms with van der Waals surface area (Å²) in [6.45, 7) is 2.34. The highest BCUT2D eigenvalue weighted by molar-refractivity contribution is 6.08. The normalized spacial score (nSPS) is 10.5. The Morgan fingerprint density at radius 2 is 1.82 bits per heavy atom. The van der Waals surface area contributed by atoms with Gasteiger partial charge in [0.25, 0.3) is 5.56 Å². The Balaban J connectivity index is 2.81. The van der Waals surface area contributed by atoms with E-state index in [9.17, 15) is 24.6 Å². The molecule has 0 saturated carbocycles. The van der Waals surface area contributed by atoms with Gasteiger partial charge in [0.1, 0.15) is 16.9 Å². The highest BCUT2D eigenvalue weighted by atomic mass is 16.5. The summed E-state index contributed by atoms with van der Waals surface area (Å²) in [7, 11) is 1.40. The fourth-order valence-corrected chi connectivity index (χ4v) is 2.86. The van der Waals surface area contributed by atoms with Crippen LogP contribution >= 0.6 is 0 Å². The minimum Gasteiger partial charge on any atom is -0.493 e. The highest BCUT2D eigenvalue weighted by Gasteiger charge is 2.29. The van der Waals surface area contributed by atoms with Crippen molar-refractivity contribution in [1.82, 2.24) is 4.98 Å². The van der Waals surface area contributed by atoms with Gasteiger partial charge < -0.3 is 30.4 Å². The number of benzene rings is 1. The Labute approximate surface area is 160 Å². The Morgan fingerprint density at radius 1 is 1.14 bits per heavy atom. The first-order valence-corrected chi connectivity index (χ1v) is 8.65. The first-order chi connectivity index (χ1) is 13.3. The molecule has 0 unspecified atom stereocenters. The molecule has 0 amide bonds. The van der Waals surface area contributed by atoms with Gasteiger partial charge in [-0.3, -0.25) is 4.79 Å². The van der Waals surface area contributed by atoms with Crippen molar-refractivity contribution >= 4 is 17.8 Å². The van der Waals surface area contributed by atoms with Gasteiger partial charge in [0.2, 0.25) is 0 Å². The molecule has 2 aromatic rings. The van der Waals surface area contributed by atoms with E-state index in [4.69, 9.17) is 15.2 Å². The molecule has 0 fully saturated rings. The number of unbranched alkanes of at least 4 members (excludes halogenated alkanes) is 2. The van der Waals surface area contributed by atoms with Gasteiger partial charge in [-0.25, -0.2) is 9.59 Å². The van der Waals surface area contributed by atoms with E-state index in [1.165, 1.54) is 13.2 Å². The van der Waals surface area contributed by atoms with E-state index < -0.39 is 34.4 Å². The number of nitrogen functional groups attached to an aromatic ring is 1. The quantitative estimate of drug-likeness (QED) is 0.477. The maximum atomic E-state index is 12.2. The molecule has 0 bridgehead atoms. The summed E-state index contributed by atoms with van der Waals surface area (Å²) in [5.41, 5.74) is 3.19. The number of hydrogen-bond acceptors (Lipinski definition) is 6. The maximum absolute atomic E-state index is 12.2. The second-order valence-corrected chi connectivity index (χ2v) is 6.00. The van der Waals surface area contributed by atoms with E-state index in [-0.39, 0.29) is 22.6 Å². The average Bonchev–Trinajstić information content (AvgIpc) is 2.63. The van der Waals surface area contributed by atoms with Crippen molar-refractivity contribution in [3.8, 4) is 22.6 Å². The van der Waals surface area contributed by atoms with Crippen LogP contribution < -0.4 is 20.8 Å². The lowest BCUT2D eigenvalue weighted by Gasteiger charge is -2.18. The molecule has 1 aromatic heterocycles. The molecule has 2 rings (SSSR count). The fraction of sp³-hybridized carbons (Fsp3) is 0.316. The lowest BCUT2D eigenvalue weighted by molar-refractivity contribution is 0.0695. The zero-order valence-corrected chi connectivity index (χ0v) is 15.6. The Kier molecular flexibility index (Phi) is 6.64. The Hall–Kier alpha value is -3.49. The Morgan fingerprint density at radius 3 is 2.39 bits per heavy atom. The number of aromatic nitrogens is 1. The smallest absolute Gasteiger partial charge is 0.342 e. The van der Waals surface area contributed by atoms with E-state index >= 15 is 0 Å². The molecule has 9 nitrogen and oxygen atoms in total. The predicted molar refractivity (Wildman–Crippen MR) is 102 cm³/mol. The highest BCUT2D eigenvalue weighted by Crippen LogP contribution is 2.41. The molecule has 150 valence electrons. The molecule has 0 aliphatic carbocycles. The summed E-state index contributed by atoms with van der Waals surface area (Å²) in [5.74, 6) is -3.08. The van der Waals surface area contributed by atoms with Gasteiger partial charge in [-0.1, -0.05) is 31.9 Å². The molecule has 1 heterocycles. The number of rotatable bonds is 9. The summed E-state index contributed by atoms with van der Waals surface area (Å²) in [6.07, 6.45) is 2.63. The zero-order valence-electron chi connectivity index (χ0n) is 15.6. The molecule has 0 radical (unpaired) electrons. The van der Waals surface area contributed by atoms with Crippen LogP contribution in [0.4, 0.5) is 5.82 Å². The second kappa shape index (κ2) is 8.94. The van der Waals surface area contributed by atoms with Crippen molar-refractivity contribution in [2.75, 3.05) is 19.5 Å². The number of carbonyl (C=O) groups is 2. The van der Waals surface area contributed by atoms with Gasteiger partial charge >= 0.3 is 11.9 Å². The number of aromatic amines is 1. The topological polar surface area (TPSA) is 152 Å². The summed E-state index contributed by atoms with van der Waals surface area (Å²) >= 11 is 0. The van der Waals surface area contributed by atoms with Crippen LogP contribution in [-0.2, 0) is 0 Å². The van der Waals surface area contributed by atoms with E-state index in [1.807, 2.05) is 6.92 Å². The molecule has 0 aliphatic rings. The lowest BCUT2D eigenvalue weighted by atomic mass is 9.94.